The summed E-state index contributed by atoms with van der Waals surface area (Å²) in [5.41, 5.74) is 2.48. The van der Waals surface area contributed by atoms with Crippen molar-refractivity contribution in [1.82, 2.24) is 24.1 Å². The number of hydrogen-bond donors (Lipinski definition) is 0. The van der Waals surface area contributed by atoms with Crippen LogP contribution in [0.1, 0.15) is 11.6 Å². The van der Waals surface area contributed by atoms with Crippen LogP contribution in [-0.2, 0) is 7.05 Å². The van der Waals surface area contributed by atoms with Gasteiger partial charge in [0.25, 0.3) is 0 Å². The van der Waals surface area contributed by atoms with Gasteiger partial charge in [-0.3, -0.25) is 0 Å². The Labute approximate surface area is 137 Å². The number of imidazole rings is 1. The van der Waals surface area contributed by atoms with E-state index in [1.54, 1.807) is 24.2 Å². The summed E-state index contributed by atoms with van der Waals surface area (Å²) in [6, 6.07) is 5.60. The van der Waals surface area contributed by atoms with Gasteiger partial charge in [-0.1, -0.05) is 0 Å². The Morgan fingerprint density at radius 3 is 2.92 bits per heavy atom. The number of aryl methyl sites for hydroxylation is 1. The molecule has 0 spiro atoms. The molecule has 0 N–H and O–H groups in total. The van der Waals surface area contributed by atoms with Crippen molar-refractivity contribution in [3.8, 4) is 17.0 Å². The third kappa shape index (κ3) is 2.45. The van der Waals surface area contributed by atoms with Crippen LogP contribution in [0.3, 0.4) is 0 Å². The first-order valence-corrected chi connectivity index (χ1v) is 7.38. The molecule has 0 aliphatic rings. The van der Waals surface area contributed by atoms with E-state index in [4.69, 9.17) is 9.15 Å². The van der Waals surface area contributed by atoms with Crippen molar-refractivity contribution < 1.29 is 9.15 Å². The average molecular weight is 321 g/mol. The molecule has 0 fully saturated rings. The number of hydrogen-bond acceptors (Lipinski definition) is 5. The van der Waals surface area contributed by atoms with Crippen molar-refractivity contribution in [2.45, 2.75) is 0 Å². The van der Waals surface area contributed by atoms with E-state index in [2.05, 4.69) is 15.1 Å². The summed E-state index contributed by atoms with van der Waals surface area (Å²) in [7, 11) is 3.56. The van der Waals surface area contributed by atoms with Crippen LogP contribution in [0.25, 0.3) is 29.1 Å². The molecule has 0 radical (unpaired) electrons. The number of nitrogens with zero attached hydrogens (tertiary/aromatic N) is 5. The van der Waals surface area contributed by atoms with Crippen molar-refractivity contribution in [2.75, 3.05) is 7.11 Å². The van der Waals surface area contributed by atoms with Crippen molar-refractivity contribution in [1.29, 1.82) is 0 Å². The van der Waals surface area contributed by atoms with Gasteiger partial charge < -0.3 is 13.7 Å². The SMILES string of the molecule is COc1cccn2nc(C=Cc3nc(-c4ccoc4)cn3C)nc12. The van der Waals surface area contributed by atoms with Gasteiger partial charge >= 0.3 is 0 Å². The molecule has 4 rings (SSSR count). The second-order valence-corrected chi connectivity index (χ2v) is 5.26. The standard InChI is InChI=1S/C17H15N5O2/c1-21-10-13(12-7-9-24-11-12)18-16(21)6-5-15-19-17-14(23-2)4-3-8-22(17)20-15/h3-11H,1-2H3. The lowest BCUT2D eigenvalue weighted by Gasteiger charge is -1.98. The minimum Gasteiger partial charge on any atom is -0.493 e. The summed E-state index contributed by atoms with van der Waals surface area (Å²) in [6.45, 7) is 0. The van der Waals surface area contributed by atoms with Gasteiger partial charge in [-0.2, -0.15) is 0 Å². The van der Waals surface area contributed by atoms with Crippen molar-refractivity contribution in [3.63, 3.8) is 0 Å². The quantitative estimate of drug-likeness (QED) is 0.578. The second-order valence-electron chi connectivity index (χ2n) is 5.26. The van der Waals surface area contributed by atoms with Gasteiger partial charge in [-0.15, -0.1) is 5.10 Å². The minimum atomic E-state index is 0.590. The molecule has 0 saturated carbocycles. The van der Waals surface area contributed by atoms with Crippen molar-refractivity contribution >= 4 is 17.8 Å². The molecule has 4 aromatic heterocycles. The fourth-order valence-corrected chi connectivity index (χ4v) is 2.46. The maximum absolute atomic E-state index is 5.29. The lowest BCUT2D eigenvalue weighted by molar-refractivity contribution is 0.416. The van der Waals surface area contributed by atoms with Gasteiger partial charge in [0, 0.05) is 25.0 Å². The number of fused-ring (bicyclic) bond motifs is 1. The molecule has 4 heterocycles. The first-order chi connectivity index (χ1) is 11.7. The maximum Gasteiger partial charge on any atom is 0.198 e. The van der Waals surface area contributed by atoms with Crippen LogP contribution in [0.4, 0.5) is 0 Å². The van der Waals surface area contributed by atoms with E-state index in [1.807, 2.05) is 54.4 Å². The molecule has 0 saturated heterocycles. The molecule has 0 aliphatic heterocycles. The van der Waals surface area contributed by atoms with E-state index >= 15 is 0 Å². The van der Waals surface area contributed by atoms with Gasteiger partial charge in [-0.25, -0.2) is 14.5 Å². The number of aromatic nitrogens is 5. The average Bonchev–Trinajstić information content (AvgIpc) is 3.31. The highest BCUT2D eigenvalue weighted by atomic mass is 16.5. The molecule has 7 nitrogen and oxygen atoms in total. The topological polar surface area (TPSA) is 70.4 Å². The number of ether oxygens (including phenoxy) is 1. The molecule has 0 bridgehead atoms. The summed E-state index contributed by atoms with van der Waals surface area (Å²) in [4.78, 5) is 9.06. The smallest absolute Gasteiger partial charge is 0.198 e. The Balaban J connectivity index is 1.66. The molecule has 24 heavy (non-hydrogen) atoms. The molecule has 0 amide bonds. The van der Waals surface area contributed by atoms with E-state index in [-0.39, 0.29) is 0 Å². The van der Waals surface area contributed by atoms with Crippen LogP contribution in [0.2, 0.25) is 0 Å². The summed E-state index contributed by atoms with van der Waals surface area (Å²) >= 11 is 0. The molecule has 120 valence electrons. The van der Waals surface area contributed by atoms with Crippen LogP contribution < -0.4 is 4.74 Å². The Hall–Kier alpha value is -3.35. The third-order valence-electron chi connectivity index (χ3n) is 3.67. The Kier molecular flexibility index (Phi) is 3.38. The zero-order valence-corrected chi connectivity index (χ0v) is 13.2. The van der Waals surface area contributed by atoms with Crippen molar-refractivity contribution in [3.05, 3.63) is 54.8 Å². The van der Waals surface area contributed by atoms with Gasteiger partial charge in [-0.05, 0) is 30.4 Å². The molecule has 0 unspecified atom stereocenters. The predicted molar refractivity (Wildman–Crippen MR) is 89.4 cm³/mol. The Morgan fingerprint density at radius 1 is 1.21 bits per heavy atom. The van der Waals surface area contributed by atoms with Gasteiger partial charge in [0.2, 0.25) is 0 Å². The largest absolute Gasteiger partial charge is 0.493 e. The molecular formula is C17H15N5O2. The zero-order valence-electron chi connectivity index (χ0n) is 13.2. The normalized spacial score (nSPS) is 11.6. The maximum atomic E-state index is 5.29. The first kappa shape index (κ1) is 14.3. The summed E-state index contributed by atoms with van der Waals surface area (Å²) < 4.78 is 14.0. The van der Waals surface area contributed by atoms with Gasteiger partial charge in [0.05, 0.1) is 25.3 Å². The number of furan rings is 1. The number of pyridine rings is 1. The van der Waals surface area contributed by atoms with Crippen molar-refractivity contribution in [2.24, 2.45) is 7.05 Å². The highest BCUT2D eigenvalue weighted by Crippen LogP contribution is 2.20. The minimum absolute atomic E-state index is 0.590. The molecule has 0 atom stereocenters. The second kappa shape index (κ2) is 5.69. The predicted octanol–water partition coefficient (Wildman–Crippen LogP) is 2.90. The van der Waals surface area contributed by atoms with Crippen LogP contribution in [0.15, 0.2) is 47.5 Å². The summed E-state index contributed by atoms with van der Waals surface area (Å²) in [5, 5.41) is 4.41. The Morgan fingerprint density at radius 2 is 2.12 bits per heavy atom. The highest BCUT2D eigenvalue weighted by Gasteiger charge is 2.08. The zero-order chi connectivity index (χ0) is 16.5. The first-order valence-electron chi connectivity index (χ1n) is 7.38. The van der Waals surface area contributed by atoms with E-state index in [1.165, 1.54) is 0 Å². The van der Waals surface area contributed by atoms with Crippen LogP contribution in [-0.4, -0.2) is 31.3 Å². The molecule has 7 heteroatoms. The monoisotopic (exact) mass is 321 g/mol. The summed E-state index contributed by atoms with van der Waals surface area (Å²) in [6.07, 6.45) is 10.8. The number of methoxy groups -OCH3 is 1. The lowest BCUT2D eigenvalue weighted by atomic mass is 10.3. The van der Waals surface area contributed by atoms with E-state index in [0.29, 0.717) is 17.2 Å². The fraction of sp³-hybridized carbons (Fsp3) is 0.118. The van der Waals surface area contributed by atoms with Gasteiger partial charge in [0.15, 0.2) is 17.2 Å². The van der Waals surface area contributed by atoms with Crippen LogP contribution in [0, 0.1) is 0 Å². The van der Waals surface area contributed by atoms with E-state index in [0.717, 1.165) is 17.1 Å². The van der Waals surface area contributed by atoms with E-state index in [9.17, 15) is 0 Å². The molecule has 0 aromatic carbocycles. The van der Waals surface area contributed by atoms with E-state index < -0.39 is 0 Å². The van der Waals surface area contributed by atoms with Gasteiger partial charge in [0.1, 0.15) is 5.82 Å². The summed E-state index contributed by atoms with van der Waals surface area (Å²) in [5.74, 6) is 2.08. The Bertz CT molecular complexity index is 1010. The van der Waals surface area contributed by atoms with Crippen LogP contribution >= 0.6 is 0 Å². The highest BCUT2D eigenvalue weighted by molar-refractivity contribution is 5.67. The molecule has 0 aliphatic carbocycles. The van der Waals surface area contributed by atoms with Crippen LogP contribution in [0.5, 0.6) is 5.75 Å². The molecule has 4 aromatic rings. The fourth-order valence-electron chi connectivity index (χ4n) is 2.46. The molecular weight excluding hydrogens is 306 g/mol. The number of rotatable bonds is 4. The lowest BCUT2D eigenvalue weighted by Crippen LogP contribution is -1.90. The third-order valence-corrected chi connectivity index (χ3v) is 3.67.